The van der Waals surface area contributed by atoms with Crippen molar-refractivity contribution in [2.75, 3.05) is 26.7 Å². The van der Waals surface area contributed by atoms with Crippen LogP contribution in [-0.2, 0) is 0 Å². The normalized spacial score (nSPS) is 30.5. The van der Waals surface area contributed by atoms with Crippen LogP contribution in [0.25, 0.3) is 0 Å². The average molecular weight is 207 g/mol. The van der Waals surface area contributed by atoms with E-state index in [1.807, 2.05) is 0 Å². The van der Waals surface area contributed by atoms with Gasteiger partial charge in [-0.2, -0.15) is 5.26 Å². The van der Waals surface area contributed by atoms with Crippen LogP contribution in [0, 0.1) is 11.3 Å². The first-order valence-electron chi connectivity index (χ1n) is 6.12. The molecule has 0 bridgehead atoms. The molecule has 0 aromatic carbocycles. The number of hydrogen-bond donors (Lipinski definition) is 0. The molecular formula is C12H21N3. The fourth-order valence-electron chi connectivity index (χ4n) is 3.03. The molecule has 1 unspecified atom stereocenters. The molecular weight excluding hydrogens is 186 g/mol. The zero-order chi connectivity index (χ0) is 10.7. The van der Waals surface area contributed by atoms with Crippen molar-refractivity contribution in [1.29, 1.82) is 5.26 Å². The molecule has 3 heteroatoms. The van der Waals surface area contributed by atoms with E-state index in [1.54, 1.807) is 0 Å². The molecule has 1 saturated heterocycles. The van der Waals surface area contributed by atoms with Crippen molar-refractivity contribution < 1.29 is 0 Å². The van der Waals surface area contributed by atoms with Gasteiger partial charge in [0, 0.05) is 31.7 Å². The summed E-state index contributed by atoms with van der Waals surface area (Å²) in [4.78, 5) is 4.96. The predicted molar refractivity (Wildman–Crippen MR) is 60.5 cm³/mol. The summed E-state index contributed by atoms with van der Waals surface area (Å²) in [5.74, 6) is 0. The van der Waals surface area contributed by atoms with E-state index >= 15 is 0 Å². The van der Waals surface area contributed by atoms with Crippen molar-refractivity contribution in [3.63, 3.8) is 0 Å². The molecule has 0 spiro atoms. The van der Waals surface area contributed by atoms with Crippen LogP contribution >= 0.6 is 0 Å². The standard InChI is InChI=1S/C12H21N3/c1-14-8-9-15(11-4-2-3-5-11)12(10-14)6-7-13/h11-12H,2-6,8-10H2,1H3. The summed E-state index contributed by atoms with van der Waals surface area (Å²) in [5, 5.41) is 8.87. The van der Waals surface area contributed by atoms with Crippen molar-refractivity contribution in [2.45, 2.75) is 44.2 Å². The van der Waals surface area contributed by atoms with Crippen molar-refractivity contribution in [2.24, 2.45) is 0 Å². The smallest absolute Gasteiger partial charge is 0.0638 e. The highest BCUT2D eigenvalue weighted by Crippen LogP contribution is 2.27. The van der Waals surface area contributed by atoms with Gasteiger partial charge in [-0.15, -0.1) is 0 Å². The number of rotatable bonds is 2. The number of nitrogens with zero attached hydrogens (tertiary/aromatic N) is 3. The quantitative estimate of drug-likeness (QED) is 0.686. The fraction of sp³-hybridized carbons (Fsp3) is 0.917. The molecule has 84 valence electrons. The van der Waals surface area contributed by atoms with Crippen LogP contribution in [0.15, 0.2) is 0 Å². The summed E-state index contributed by atoms with van der Waals surface area (Å²) in [6.07, 6.45) is 6.17. The van der Waals surface area contributed by atoms with Crippen LogP contribution in [0.1, 0.15) is 32.1 Å². The lowest BCUT2D eigenvalue weighted by atomic mass is 10.1. The highest BCUT2D eigenvalue weighted by atomic mass is 15.3. The van der Waals surface area contributed by atoms with E-state index in [0.717, 1.165) is 19.1 Å². The first kappa shape index (κ1) is 10.9. The van der Waals surface area contributed by atoms with Gasteiger partial charge in [0.25, 0.3) is 0 Å². The second-order valence-electron chi connectivity index (χ2n) is 4.95. The zero-order valence-electron chi connectivity index (χ0n) is 9.65. The Hall–Kier alpha value is -0.590. The van der Waals surface area contributed by atoms with Gasteiger partial charge in [0.2, 0.25) is 0 Å². The lowest BCUT2D eigenvalue weighted by molar-refractivity contribution is 0.0563. The van der Waals surface area contributed by atoms with Gasteiger partial charge in [-0.1, -0.05) is 12.8 Å². The molecule has 1 aliphatic carbocycles. The fourth-order valence-corrected chi connectivity index (χ4v) is 3.03. The van der Waals surface area contributed by atoms with Gasteiger partial charge in [-0.25, -0.2) is 0 Å². The third kappa shape index (κ3) is 2.50. The molecule has 15 heavy (non-hydrogen) atoms. The molecule has 2 rings (SSSR count). The van der Waals surface area contributed by atoms with E-state index in [4.69, 9.17) is 5.26 Å². The SMILES string of the molecule is CN1CCN(C2CCCC2)C(CC#N)C1. The van der Waals surface area contributed by atoms with Crippen LogP contribution in [0.2, 0.25) is 0 Å². The maximum atomic E-state index is 8.87. The first-order chi connectivity index (χ1) is 7.31. The number of likely N-dealkylation sites (N-methyl/N-ethyl adjacent to an activating group) is 1. The lowest BCUT2D eigenvalue weighted by Gasteiger charge is -2.42. The van der Waals surface area contributed by atoms with Gasteiger partial charge in [0.1, 0.15) is 0 Å². The van der Waals surface area contributed by atoms with Crippen LogP contribution in [0.4, 0.5) is 0 Å². The zero-order valence-corrected chi connectivity index (χ0v) is 9.65. The molecule has 3 nitrogen and oxygen atoms in total. The molecule has 0 amide bonds. The van der Waals surface area contributed by atoms with Crippen molar-refractivity contribution >= 4 is 0 Å². The molecule has 2 fully saturated rings. The van der Waals surface area contributed by atoms with Crippen molar-refractivity contribution in [1.82, 2.24) is 9.80 Å². The highest BCUT2D eigenvalue weighted by Gasteiger charge is 2.31. The third-order valence-electron chi connectivity index (χ3n) is 3.85. The Bertz CT molecular complexity index is 240. The molecule has 1 aliphatic heterocycles. The van der Waals surface area contributed by atoms with E-state index in [-0.39, 0.29) is 0 Å². The van der Waals surface area contributed by atoms with Gasteiger partial charge in [0.15, 0.2) is 0 Å². The molecule has 0 aromatic rings. The van der Waals surface area contributed by atoms with E-state index in [2.05, 4.69) is 22.9 Å². The minimum absolute atomic E-state index is 0.483. The highest BCUT2D eigenvalue weighted by molar-refractivity contribution is 4.92. The Balaban J connectivity index is 1.97. The van der Waals surface area contributed by atoms with E-state index in [1.165, 1.54) is 32.2 Å². The Labute approximate surface area is 92.7 Å². The maximum Gasteiger partial charge on any atom is 0.0638 e. The number of piperazine rings is 1. The molecule has 0 aromatic heterocycles. The Kier molecular flexibility index (Phi) is 3.61. The summed E-state index contributed by atoms with van der Waals surface area (Å²) in [7, 11) is 2.16. The van der Waals surface area contributed by atoms with Crippen LogP contribution in [-0.4, -0.2) is 48.6 Å². The second-order valence-corrected chi connectivity index (χ2v) is 4.95. The third-order valence-corrected chi connectivity index (χ3v) is 3.85. The largest absolute Gasteiger partial charge is 0.304 e. The van der Waals surface area contributed by atoms with Crippen molar-refractivity contribution in [3.8, 4) is 6.07 Å². The Morgan fingerprint density at radius 2 is 2.00 bits per heavy atom. The summed E-state index contributed by atoms with van der Waals surface area (Å²) < 4.78 is 0. The van der Waals surface area contributed by atoms with Gasteiger partial charge in [-0.3, -0.25) is 4.90 Å². The Morgan fingerprint density at radius 1 is 1.27 bits per heavy atom. The first-order valence-corrected chi connectivity index (χ1v) is 6.12. The Morgan fingerprint density at radius 3 is 2.67 bits per heavy atom. The molecule has 2 aliphatic rings. The number of hydrogen-bond acceptors (Lipinski definition) is 3. The summed E-state index contributed by atoms with van der Waals surface area (Å²) in [5.41, 5.74) is 0. The minimum Gasteiger partial charge on any atom is -0.304 e. The molecule has 1 saturated carbocycles. The predicted octanol–water partition coefficient (Wildman–Crippen LogP) is 1.46. The molecule has 1 atom stereocenters. The molecule has 1 heterocycles. The monoisotopic (exact) mass is 207 g/mol. The molecule has 0 radical (unpaired) electrons. The van der Waals surface area contributed by atoms with Crippen molar-refractivity contribution in [3.05, 3.63) is 0 Å². The number of nitriles is 1. The van der Waals surface area contributed by atoms with Crippen LogP contribution in [0.3, 0.4) is 0 Å². The lowest BCUT2D eigenvalue weighted by Crippen LogP contribution is -2.54. The average Bonchev–Trinajstić information content (AvgIpc) is 2.71. The van der Waals surface area contributed by atoms with Crippen LogP contribution < -0.4 is 0 Å². The van der Waals surface area contributed by atoms with Gasteiger partial charge in [-0.05, 0) is 19.9 Å². The summed E-state index contributed by atoms with van der Waals surface area (Å²) in [6.45, 7) is 3.40. The van der Waals surface area contributed by atoms with E-state index < -0.39 is 0 Å². The van der Waals surface area contributed by atoms with Gasteiger partial charge >= 0.3 is 0 Å². The summed E-state index contributed by atoms with van der Waals surface area (Å²) >= 11 is 0. The molecule has 0 N–H and O–H groups in total. The maximum absolute atomic E-state index is 8.87. The van der Waals surface area contributed by atoms with E-state index in [9.17, 15) is 0 Å². The van der Waals surface area contributed by atoms with Crippen LogP contribution in [0.5, 0.6) is 0 Å². The summed E-state index contributed by atoms with van der Waals surface area (Å²) in [6, 6.07) is 3.60. The van der Waals surface area contributed by atoms with Gasteiger partial charge in [0.05, 0.1) is 12.5 Å². The minimum atomic E-state index is 0.483. The van der Waals surface area contributed by atoms with E-state index in [0.29, 0.717) is 12.5 Å². The topological polar surface area (TPSA) is 30.3 Å². The second kappa shape index (κ2) is 4.96. The van der Waals surface area contributed by atoms with Gasteiger partial charge < -0.3 is 4.90 Å².